The minimum atomic E-state index is 0.970. The van der Waals surface area contributed by atoms with Gasteiger partial charge in [0.2, 0.25) is 0 Å². The quantitative estimate of drug-likeness (QED) is 0.434. The number of thioether (sulfide) groups is 1. The molecule has 0 saturated heterocycles. The number of anilines is 2. The highest BCUT2D eigenvalue weighted by Gasteiger charge is 2.05. The molecule has 0 bridgehead atoms. The van der Waals surface area contributed by atoms with E-state index < -0.39 is 0 Å². The number of rotatable bonds is 6. The SMILES string of the molecule is CSCCn1c(=Nc2ccc(Nc3ccccc3)cc2)sc2ccccc21. The summed E-state index contributed by atoms with van der Waals surface area (Å²) in [7, 11) is 0. The van der Waals surface area contributed by atoms with E-state index in [4.69, 9.17) is 4.99 Å². The molecule has 0 saturated carbocycles. The minimum absolute atomic E-state index is 0.970. The van der Waals surface area contributed by atoms with Gasteiger partial charge in [-0.2, -0.15) is 11.8 Å². The summed E-state index contributed by atoms with van der Waals surface area (Å²) in [5, 5.41) is 3.41. The van der Waals surface area contributed by atoms with Gasteiger partial charge in [-0.3, -0.25) is 0 Å². The zero-order valence-electron chi connectivity index (χ0n) is 15.1. The molecule has 1 aromatic heterocycles. The fourth-order valence-corrected chi connectivity index (χ4v) is 4.36. The molecule has 4 aromatic rings. The molecule has 4 rings (SSSR count). The standard InChI is InChI=1S/C22H21N3S2/c1-26-16-15-25-20-9-5-6-10-21(20)27-22(25)24-19-13-11-18(12-14-19)23-17-7-3-2-4-8-17/h2-14,23H,15-16H2,1H3. The van der Waals surface area contributed by atoms with E-state index in [0.717, 1.165) is 34.2 Å². The van der Waals surface area contributed by atoms with Gasteiger partial charge >= 0.3 is 0 Å². The minimum Gasteiger partial charge on any atom is -0.356 e. The molecule has 0 aliphatic heterocycles. The number of fused-ring (bicyclic) bond motifs is 1. The molecule has 0 aliphatic carbocycles. The summed E-state index contributed by atoms with van der Waals surface area (Å²) >= 11 is 3.61. The molecule has 0 fully saturated rings. The number of hydrogen-bond acceptors (Lipinski definition) is 4. The predicted molar refractivity (Wildman–Crippen MR) is 120 cm³/mol. The fourth-order valence-electron chi connectivity index (χ4n) is 2.92. The number of benzene rings is 3. The molecule has 1 heterocycles. The Balaban J connectivity index is 1.65. The lowest BCUT2D eigenvalue weighted by atomic mass is 10.2. The van der Waals surface area contributed by atoms with E-state index in [2.05, 4.69) is 76.8 Å². The van der Waals surface area contributed by atoms with E-state index >= 15 is 0 Å². The number of nitrogens with one attached hydrogen (secondary N) is 1. The van der Waals surface area contributed by atoms with Gasteiger partial charge < -0.3 is 9.88 Å². The van der Waals surface area contributed by atoms with Gasteiger partial charge in [-0.1, -0.05) is 41.7 Å². The lowest BCUT2D eigenvalue weighted by Crippen LogP contribution is -2.15. The van der Waals surface area contributed by atoms with Crippen molar-refractivity contribution in [2.24, 2.45) is 4.99 Å². The van der Waals surface area contributed by atoms with Crippen LogP contribution in [0, 0.1) is 0 Å². The molecule has 0 atom stereocenters. The predicted octanol–water partition coefficient (Wildman–Crippen LogP) is 6.04. The van der Waals surface area contributed by atoms with Crippen LogP contribution in [0.1, 0.15) is 0 Å². The van der Waals surface area contributed by atoms with Crippen LogP contribution < -0.4 is 10.1 Å². The Morgan fingerprint density at radius 2 is 1.59 bits per heavy atom. The van der Waals surface area contributed by atoms with E-state index in [1.165, 1.54) is 10.2 Å². The lowest BCUT2D eigenvalue weighted by molar-refractivity contribution is 0.775. The maximum absolute atomic E-state index is 4.92. The van der Waals surface area contributed by atoms with E-state index in [1.807, 2.05) is 30.0 Å². The van der Waals surface area contributed by atoms with Gasteiger partial charge in [-0.25, -0.2) is 4.99 Å². The summed E-state index contributed by atoms with van der Waals surface area (Å²) < 4.78 is 3.60. The van der Waals surface area contributed by atoms with Crippen LogP contribution in [0.2, 0.25) is 0 Å². The molecule has 3 aromatic carbocycles. The third kappa shape index (κ3) is 4.26. The Morgan fingerprint density at radius 3 is 2.37 bits per heavy atom. The van der Waals surface area contributed by atoms with Crippen molar-refractivity contribution >= 4 is 50.4 Å². The Bertz CT molecular complexity index is 1080. The van der Waals surface area contributed by atoms with Gasteiger partial charge in [0.05, 0.1) is 15.9 Å². The average Bonchev–Trinajstić information content (AvgIpc) is 3.05. The zero-order chi connectivity index (χ0) is 18.5. The van der Waals surface area contributed by atoms with Crippen LogP contribution in [-0.2, 0) is 6.54 Å². The van der Waals surface area contributed by atoms with Crippen LogP contribution in [0.5, 0.6) is 0 Å². The van der Waals surface area contributed by atoms with Crippen molar-refractivity contribution < 1.29 is 0 Å². The number of aromatic nitrogens is 1. The second-order valence-corrected chi connectivity index (χ2v) is 8.14. The molecule has 0 spiro atoms. The van der Waals surface area contributed by atoms with Crippen molar-refractivity contribution in [3.05, 3.63) is 83.7 Å². The smallest absolute Gasteiger partial charge is 0.190 e. The van der Waals surface area contributed by atoms with E-state index in [-0.39, 0.29) is 0 Å². The van der Waals surface area contributed by atoms with Crippen LogP contribution in [-0.4, -0.2) is 16.6 Å². The molecular formula is C22H21N3S2. The molecule has 0 amide bonds. The average molecular weight is 392 g/mol. The van der Waals surface area contributed by atoms with Crippen molar-refractivity contribution in [2.45, 2.75) is 6.54 Å². The Hall–Kier alpha value is -2.50. The summed E-state index contributed by atoms with van der Waals surface area (Å²) in [6.07, 6.45) is 2.14. The summed E-state index contributed by atoms with van der Waals surface area (Å²) in [4.78, 5) is 5.97. The number of thiazole rings is 1. The second kappa shape index (κ2) is 8.46. The van der Waals surface area contributed by atoms with Crippen LogP contribution >= 0.6 is 23.1 Å². The van der Waals surface area contributed by atoms with Crippen LogP contribution in [0.25, 0.3) is 10.2 Å². The topological polar surface area (TPSA) is 29.3 Å². The first-order chi connectivity index (χ1) is 13.3. The maximum Gasteiger partial charge on any atom is 0.190 e. The molecule has 5 heteroatoms. The zero-order valence-corrected chi connectivity index (χ0v) is 16.8. The third-order valence-electron chi connectivity index (χ3n) is 4.26. The Kier molecular flexibility index (Phi) is 5.61. The van der Waals surface area contributed by atoms with Gasteiger partial charge in [-0.15, -0.1) is 0 Å². The molecule has 136 valence electrons. The van der Waals surface area contributed by atoms with Crippen LogP contribution in [0.15, 0.2) is 83.9 Å². The largest absolute Gasteiger partial charge is 0.356 e. The van der Waals surface area contributed by atoms with E-state index in [0.29, 0.717) is 0 Å². The highest BCUT2D eigenvalue weighted by Crippen LogP contribution is 2.22. The molecular weight excluding hydrogens is 370 g/mol. The summed E-state index contributed by atoms with van der Waals surface area (Å²) in [5.41, 5.74) is 4.38. The van der Waals surface area contributed by atoms with Crippen molar-refractivity contribution in [3.8, 4) is 0 Å². The molecule has 3 nitrogen and oxygen atoms in total. The first kappa shape index (κ1) is 17.9. The van der Waals surface area contributed by atoms with Crippen molar-refractivity contribution in [1.82, 2.24) is 4.57 Å². The second-order valence-electron chi connectivity index (χ2n) is 6.15. The van der Waals surface area contributed by atoms with Crippen LogP contribution in [0.4, 0.5) is 17.1 Å². The first-order valence-corrected chi connectivity index (χ1v) is 11.1. The van der Waals surface area contributed by atoms with Gasteiger partial charge in [0.25, 0.3) is 0 Å². The fraction of sp³-hybridized carbons (Fsp3) is 0.136. The number of hydrogen-bond donors (Lipinski definition) is 1. The monoisotopic (exact) mass is 391 g/mol. The Labute approximate surface area is 167 Å². The van der Waals surface area contributed by atoms with Gasteiger partial charge in [0.1, 0.15) is 0 Å². The van der Waals surface area contributed by atoms with Crippen molar-refractivity contribution in [3.63, 3.8) is 0 Å². The van der Waals surface area contributed by atoms with Crippen molar-refractivity contribution in [1.29, 1.82) is 0 Å². The first-order valence-electron chi connectivity index (χ1n) is 8.88. The Morgan fingerprint density at radius 1 is 0.889 bits per heavy atom. The van der Waals surface area contributed by atoms with E-state index in [1.54, 1.807) is 11.3 Å². The molecule has 0 unspecified atom stereocenters. The number of aryl methyl sites for hydroxylation is 1. The van der Waals surface area contributed by atoms with Gasteiger partial charge in [0, 0.05) is 23.7 Å². The molecule has 0 aliphatic rings. The van der Waals surface area contributed by atoms with E-state index in [9.17, 15) is 0 Å². The molecule has 0 radical (unpaired) electrons. The van der Waals surface area contributed by atoms with Crippen LogP contribution in [0.3, 0.4) is 0 Å². The van der Waals surface area contributed by atoms with Gasteiger partial charge in [0.15, 0.2) is 4.80 Å². The molecule has 27 heavy (non-hydrogen) atoms. The molecule has 1 N–H and O–H groups in total. The highest BCUT2D eigenvalue weighted by molar-refractivity contribution is 7.98. The third-order valence-corrected chi connectivity index (χ3v) is 5.91. The number of para-hydroxylation sites is 2. The van der Waals surface area contributed by atoms with Gasteiger partial charge in [-0.05, 0) is 54.8 Å². The normalized spacial score (nSPS) is 11.8. The number of nitrogens with zero attached hydrogens (tertiary/aromatic N) is 2. The summed E-state index contributed by atoms with van der Waals surface area (Å²) in [6.45, 7) is 0.970. The van der Waals surface area contributed by atoms with Crippen molar-refractivity contribution in [2.75, 3.05) is 17.3 Å². The lowest BCUT2D eigenvalue weighted by Gasteiger charge is -2.06. The maximum atomic E-state index is 4.92. The summed E-state index contributed by atoms with van der Waals surface area (Å²) in [5.74, 6) is 1.08. The highest BCUT2D eigenvalue weighted by atomic mass is 32.2. The summed E-state index contributed by atoms with van der Waals surface area (Å²) in [6, 6.07) is 27.0.